The van der Waals surface area contributed by atoms with Crippen molar-refractivity contribution in [3.63, 3.8) is 0 Å². The molecule has 116 valence electrons. The number of carbonyl (C=O) groups excluding carboxylic acids is 1. The van der Waals surface area contributed by atoms with Crippen molar-refractivity contribution in [3.8, 4) is 17.3 Å². The summed E-state index contributed by atoms with van der Waals surface area (Å²) >= 11 is 0. The summed E-state index contributed by atoms with van der Waals surface area (Å²) in [6.07, 6.45) is 4.01. The first kappa shape index (κ1) is 13.7. The van der Waals surface area contributed by atoms with Gasteiger partial charge < -0.3 is 14.5 Å². The highest BCUT2D eigenvalue weighted by atomic mass is 16.5. The summed E-state index contributed by atoms with van der Waals surface area (Å²) in [6.45, 7) is 2.31. The van der Waals surface area contributed by atoms with Gasteiger partial charge in [0.25, 0.3) is 0 Å². The number of H-pyrrole nitrogens is 1. The van der Waals surface area contributed by atoms with Gasteiger partial charge in [-0.15, -0.1) is 0 Å². The molecule has 1 aliphatic heterocycles. The average Bonchev–Trinajstić information content (AvgIpc) is 2.92. The largest absolute Gasteiger partial charge is 0.467 e. The Labute approximate surface area is 131 Å². The van der Waals surface area contributed by atoms with E-state index in [2.05, 4.69) is 19.9 Å². The van der Waals surface area contributed by atoms with Gasteiger partial charge in [0.15, 0.2) is 0 Å². The van der Waals surface area contributed by atoms with Gasteiger partial charge in [-0.1, -0.05) is 0 Å². The molecule has 7 heteroatoms. The highest BCUT2D eigenvalue weighted by Gasteiger charge is 2.26. The number of methoxy groups -OCH3 is 1. The first-order chi connectivity index (χ1) is 11.2. The van der Waals surface area contributed by atoms with Crippen molar-refractivity contribution < 1.29 is 14.3 Å². The Morgan fingerprint density at radius 1 is 1.35 bits per heavy atom. The molecule has 4 heterocycles. The third kappa shape index (κ3) is 2.04. The van der Waals surface area contributed by atoms with Gasteiger partial charge >= 0.3 is 12.0 Å². The van der Waals surface area contributed by atoms with Gasteiger partial charge in [0.2, 0.25) is 0 Å². The molecule has 0 aliphatic carbocycles. The highest BCUT2D eigenvalue weighted by Crippen LogP contribution is 2.33. The molecule has 1 aliphatic rings. The summed E-state index contributed by atoms with van der Waals surface area (Å²) < 4.78 is 10.2. The lowest BCUT2D eigenvalue weighted by Gasteiger charge is -2.11. The van der Waals surface area contributed by atoms with Gasteiger partial charge in [-0.05, 0) is 18.6 Å². The maximum Gasteiger partial charge on any atom is 0.340 e. The Morgan fingerprint density at radius 3 is 3.00 bits per heavy atom. The van der Waals surface area contributed by atoms with Crippen molar-refractivity contribution in [2.24, 2.45) is 0 Å². The standard InChI is InChI=1S/C16H14N4O3/c1-8-12-10(4-6-23-15(12)21)19-13(8)9-3-5-17-11-7-18-16(22-2)20-14(9)11/h3,5,7,19H,4,6H2,1-2H3. The lowest BCUT2D eigenvalue weighted by molar-refractivity contribution is 0.0478. The number of hydrogen-bond acceptors (Lipinski definition) is 6. The van der Waals surface area contributed by atoms with Gasteiger partial charge in [0.05, 0.1) is 31.2 Å². The summed E-state index contributed by atoms with van der Waals surface area (Å²) in [5, 5.41) is 0. The smallest absolute Gasteiger partial charge is 0.340 e. The second-order valence-electron chi connectivity index (χ2n) is 5.31. The second-order valence-corrected chi connectivity index (χ2v) is 5.31. The molecule has 0 radical (unpaired) electrons. The molecule has 3 aromatic heterocycles. The predicted octanol–water partition coefficient (Wildman–Crippen LogP) is 2.05. The Kier molecular flexibility index (Phi) is 3.00. The molecule has 0 spiro atoms. The lowest BCUT2D eigenvalue weighted by Crippen LogP contribution is -2.17. The zero-order valence-corrected chi connectivity index (χ0v) is 12.7. The number of carbonyl (C=O) groups is 1. The van der Waals surface area contributed by atoms with Gasteiger partial charge in [0.1, 0.15) is 11.0 Å². The van der Waals surface area contributed by atoms with Gasteiger partial charge in [0, 0.05) is 23.9 Å². The van der Waals surface area contributed by atoms with E-state index in [1.165, 1.54) is 7.11 Å². The van der Waals surface area contributed by atoms with Crippen molar-refractivity contribution in [2.45, 2.75) is 13.3 Å². The van der Waals surface area contributed by atoms with E-state index >= 15 is 0 Å². The van der Waals surface area contributed by atoms with Gasteiger partial charge in [-0.2, -0.15) is 4.98 Å². The SMILES string of the molecule is COc1ncc2nccc(-c3[nH]c4c(c3C)C(=O)OCC4)c2n1. The molecule has 0 bridgehead atoms. The van der Waals surface area contributed by atoms with Crippen LogP contribution in [0.3, 0.4) is 0 Å². The number of pyridine rings is 1. The van der Waals surface area contributed by atoms with E-state index in [-0.39, 0.29) is 12.0 Å². The number of nitrogens with one attached hydrogen (secondary N) is 1. The Hall–Kier alpha value is -2.96. The summed E-state index contributed by atoms with van der Waals surface area (Å²) in [4.78, 5) is 28.1. The summed E-state index contributed by atoms with van der Waals surface area (Å²) in [5.41, 5.74) is 5.43. The quantitative estimate of drug-likeness (QED) is 0.729. The predicted molar refractivity (Wildman–Crippen MR) is 82.4 cm³/mol. The molecular formula is C16H14N4O3. The lowest BCUT2D eigenvalue weighted by atomic mass is 10.0. The minimum atomic E-state index is -0.281. The third-order valence-electron chi connectivity index (χ3n) is 4.03. The van der Waals surface area contributed by atoms with Crippen LogP contribution in [-0.4, -0.2) is 39.6 Å². The molecule has 4 rings (SSSR count). The Morgan fingerprint density at radius 2 is 2.22 bits per heavy atom. The fourth-order valence-electron chi connectivity index (χ4n) is 2.93. The van der Waals surface area contributed by atoms with Crippen molar-refractivity contribution in [2.75, 3.05) is 13.7 Å². The van der Waals surface area contributed by atoms with Crippen LogP contribution in [-0.2, 0) is 11.2 Å². The number of aromatic nitrogens is 4. The number of fused-ring (bicyclic) bond motifs is 2. The van der Waals surface area contributed by atoms with E-state index in [0.717, 1.165) is 22.5 Å². The minimum Gasteiger partial charge on any atom is -0.467 e. The van der Waals surface area contributed by atoms with Crippen LogP contribution in [0.25, 0.3) is 22.3 Å². The molecule has 3 aromatic rings. The van der Waals surface area contributed by atoms with E-state index < -0.39 is 0 Å². The summed E-state index contributed by atoms with van der Waals surface area (Å²) in [7, 11) is 1.52. The number of esters is 1. The average molecular weight is 310 g/mol. The molecule has 23 heavy (non-hydrogen) atoms. The molecule has 0 saturated heterocycles. The van der Waals surface area contributed by atoms with Crippen molar-refractivity contribution >= 4 is 17.0 Å². The van der Waals surface area contributed by atoms with E-state index in [1.807, 2.05) is 13.0 Å². The number of hydrogen-bond donors (Lipinski definition) is 1. The van der Waals surface area contributed by atoms with Crippen molar-refractivity contribution in [1.82, 2.24) is 19.9 Å². The first-order valence-corrected chi connectivity index (χ1v) is 7.23. The molecule has 0 fully saturated rings. The van der Waals surface area contributed by atoms with Crippen LogP contribution in [0.2, 0.25) is 0 Å². The molecule has 0 unspecified atom stereocenters. The fraction of sp³-hybridized carbons (Fsp3) is 0.250. The molecule has 0 amide bonds. The van der Waals surface area contributed by atoms with Crippen molar-refractivity contribution in [1.29, 1.82) is 0 Å². The fourth-order valence-corrected chi connectivity index (χ4v) is 2.93. The number of cyclic esters (lactones) is 1. The number of aromatic amines is 1. The molecule has 7 nitrogen and oxygen atoms in total. The van der Waals surface area contributed by atoms with E-state index in [1.54, 1.807) is 12.4 Å². The second kappa shape index (κ2) is 5.05. The van der Waals surface area contributed by atoms with Crippen LogP contribution in [0.4, 0.5) is 0 Å². The van der Waals surface area contributed by atoms with Crippen LogP contribution in [0.15, 0.2) is 18.5 Å². The first-order valence-electron chi connectivity index (χ1n) is 7.23. The summed E-state index contributed by atoms with van der Waals surface area (Å²) in [5.74, 6) is -0.281. The van der Waals surface area contributed by atoms with Crippen LogP contribution in [0, 0.1) is 6.92 Å². The maximum atomic E-state index is 12.0. The number of rotatable bonds is 2. The maximum absolute atomic E-state index is 12.0. The normalized spacial score (nSPS) is 13.7. The molecule has 1 N–H and O–H groups in total. The van der Waals surface area contributed by atoms with Crippen LogP contribution in [0.5, 0.6) is 6.01 Å². The topological polar surface area (TPSA) is 90.0 Å². The molecule has 0 aromatic carbocycles. The molecular weight excluding hydrogens is 296 g/mol. The Bertz CT molecular complexity index is 932. The van der Waals surface area contributed by atoms with Gasteiger partial charge in [-0.3, -0.25) is 4.98 Å². The van der Waals surface area contributed by atoms with E-state index in [4.69, 9.17) is 9.47 Å². The van der Waals surface area contributed by atoms with Crippen LogP contribution in [0.1, 0.15) is 21.6 Å². The van der Waals surface area contributed by atoms with Gasteiger partial charge in [-0.25, -0.2) is 9.78 Å². The minimum absolute atomic E-state index is 0.278. The highest BCUT2D eigenvalue weighted by molar-refractivity contribution is 5.98. The number of nitrogens with zero attached hydrogens (tertiary/aromatic N) is 3. The monoisotopic (exact) mass is 310 g/mol. The molecule has 0 saturated carbocycles. The zero-order valence-electron chi connectivity index (χ0n) is 12.7. The van der Waals surface area contributed by atoms with Crippen LogP contribution >= 0.6 is 0 Å². The van der Waals surface area contributed by atoms with Crippen molar-refractivity contribution in [3.05, 3.63) is 35.3 Å². The molecule has 0 atom stereocenters. The van der Waals surface area contributed by atoms with Crippen LogP contribution < -0.4 is 4.74 Å². The zero-order chi connectivity index (χ0) is 16.0. The Balaban J connectivity index is 1.98. The summed E-state index contributed by atoms with van der Waals surface area (Å²) in [6, 6.07) is 2.14. The van der Waals surface area contributed by atoms with E-state index in [9.17, 15) is 4.79 Å². The third-order valence-corrected chi connectivity index (χ3v) is 4.03. The number of ether oxygens (including phenoxy) is 2. The van der Waals surface area contributed by atoms with E-state index in [0.29, 0.717) is 29.6 Å².